The summed E-state index contributed by atoms with van der Waals surface area (Å²) in [6, 6.07) is 0. The Morgan fingerprint density at radius 1 is 1.16 bits per heavy atom. The van der Waals surface area contributed by atoms with E-state index in [0.29, 0.717) is 12.1 Å². The molecule has 2 aliphatic rings. The Bertz CT molecular complexity index is 409. The fourth-order valence-corrected chi connectivity index (χ4v) is 3.48. The van der Waals surface area contributed by atoms with Crippen LogP contribution in [-0.4, -0.2) is 29.3 Å². The van der Waals surface area contributed by atoms with Gasteiger partial charge in [-0.15, -0.1) is 0 Å². The van der Waals surface area contributed by atoms with Gasteiger partial charge in [-0.2, -0.15) is 13.2 Å². The van der Waals surface area contributed by atoms with Crippen LogP contribution in [0.1, 0.15) is 39.5 Å². The minimum atomic E-state index is -4.39. The van der Waals surface area contributed by atoms with Gasteiger partial charge in [-0.3, -0.25) is 4.79 Å². The summed E-state index contributed by atoms with van der Waals surface area (Å²) in [6.45, 7) is 5.41. The number of halogens is 3. The molecule has 1 saturated heterocycles. The number of nitrogens with zero attached hydrogens (tertiary/aromatic N) is 1. The molecule has 1 fully saturated rings. The highest BCUT2D eigenvalue weighted by molar-refractivity contribution is 8.04. The molecule has 0 N–H and O–H groups in total. The maximum absolute atomic E-state index is 12.6. The van der Waals surface area contributed by atoms with Gasteiger partial charge in [0.2, 0.25) is 0 Å². The summed E-state index contributed by atoms with van der Waals surface area (Å²) in [5.41, 5.74) is -4.02. The van der Waals surface area contributed by atoms with Crippen molar-refractivity contribution in [2.45, 2.75) is 45.0 Å². The largest absolute Gasteiger partial charge is 0.446 e. The van der Waals surface area contributed by atoms with E-state index in [-0.39, 0.29) is 34.3 Å². The van der Waals surface area contributed by atoms with Crippen LogP contribution >= 0.6 is 11.8 Å². The number of allylic oxidation sites excluding steroid dienone is 2. The van der Waals surface area contributed by atoms with Crippen molar-refractivity contribution in [2.75, 3.05) is 13.1 Å². The van der Waals surface area contributed by atoms with E-state index in [1.807, 2.05) is 18.7 Å². The molecule has 2 nitrogen and oxygen atoms in total. The molecule has 0 bridgehead atoms. The van der Waals surface area contributed by atoms with Crippen LogP contribution in [0.25, 0.3) is 0 Å². The number of likely N-dealkylation sites (tertiary alicyclic amines) is 1. The quantitative estimate of drug-likeness (QED) is 0.769. The normalized spacial score (nSPS) is 24.3. The van der Waals surface area contributed by atoms with E-state index in [9.17, 15) is 18.0 Å². The molecule has 0 aromatic carbocycles. The number of hydrogen-bond acceptors (Lipinski definition) is 3. The Morgan fingerprint density at radius 2 is 1.74 bits per heavy atom. The van der Waals surface area contributed by atoms with Gasteiger partial charge in [0.15, 0.2) is 5.78 Å². The molecule has 108 valence electrons. The average molecular weight is 293 g/mol. The van der Waals surface area contributed by atoms with Crippen LogP contribution in [0.2, 0.25) is 0 Å². The first-order valence-corrected chi connectivity index (χ1v) is 7.27. The molecule has 0 saturated carbocycles. The summed E-state index contributed by atoms with van der Waals surface area (Å²) in [6.07, 6.45) is 2.73. The van der Waals surface area contributed by atoms with Crippen molar-refractivity contribution in [1.82, 2.24) is 4.90 Å². The summed E-state index contributed by atoms with van der Waals surface area (Å²) < 4.78 is 37.9. The van der Waals surface area contributed by atoms with Crippen LogP contribution in [0, 0.1) is 5.41 Å². The van der Waals surface area contributed by atoms with E-state index in [1.54, 1.807) is 0 Å². The van der Waals surface area contributed by atoms with Crippen LogP contribution < -0.4 is 0 Å². The highest BCUT2D eigenvalue weighted by atomic mass is 32.2. The molecule has 0 spiro atoms. The maximum atomic E-state index is 12.6. The lowest BCUT2D eigenvalue weighted by atomic mass is 9.78. The third kappa shape index (κ3) is 3.68. The second-order valence-corrected chi connectivity index (χ2v) is 7.03. The highest BCUT2D eigenvalue weighted by Gasteiger charge is 2.41. The average Bonchev–Trinajstić information content (AvgIpc) is 2.72. The van der Waals surface area contributed by atoms with Gasteiger partial charge in [0.05, 0.1) is 4.91 Å². The number of thioether (sulfide) groups is 1. The van der Waals surface area contributed by atoms with Crippen molar-refractivity contribution in [3.05, 3.63) is 10.6 Å². The molecule has 0 radical (unpaired) electrons. The minimum absolute atomic E-state index is 0.0753. The Kier molecular flexibility index (Phi) is 3.91. The number of carbonyl (C=O) groups excluding carboxylic acids is 1. The highest BCUT2D eigenvalue weighted by Crippen LogP contribution is 2.47. The fourth-order valence-electron chi connectivity index (χ4n) is 2.75. The number of carbonyl (C=O) groups is 1. The summed E-state index contributed by atoms with van der Waals surface area (Å²) in [5.74, 6) is -0.361. The third-order valence-corrected chi connectivity index (χ3v) is 4.40. The van der Waals surface area contributed by atoms with Gasteiger partial charge in [0.25, 0.3) is 0 Å². The zero-order valence-electron chi connectivity index (χ0n) is 11.1. The second kappa shape index (κ2) is 5.04. The number of alkyl halides is 3. The van der Waals surface area contributed by atoms with Gasteiger partial charge < -0.3 is 4.90 Å². The molecular formula is C13H18F3NOS. The van der Waals surface area contributed by atoms with Crippen LogP contribution in [0.3, 0.4) is 0 Å². The zero-order valence-corrected chi connectivity index (χ0v) is 12.0. The molecule has 0 aromatic heterocycles. The Balaban J connectivity index is 2.35. The predicted octanol–water partition coefficient (Wildman–Crippen LogP) is 3.94. The molecule has 1 heterocycles. The van der Waals surface area contributed by atoms with Gasteiger partial charge >= 0.3 is 5.51 Å². The number of ketones is 1. The van der Waals surface area contributed by atoms with Gasteiger partial charge in [-0.25, -0.2) is 0 Å². The smallest absolute Gasteiger partial charge is 0.374 e. The fraction of sp³-hybridized carbons (Fsp3) is 0.769. The first-order chi connectivity index (χ1) is 8.68. The van der Waals surface area contributed by atoms with Gasteiger partial charge in [0, 0.05) is 25.2 Å². The second-order valence-electron chi connectivity index (χ2n) is 5.96. The number of rotatable bonds is 2. The van der Waals surface area contributed by atoms with E-state index in [4.69, 9.17) is 0 Å². The van der Waals surface area contributed by atoms with Gasteiger partial charge in [0.1, 0.15) is 0 Å². The summed E-state index contributed by atoms with van der Waals surface area (Å²) in [4.78, 5) is 13.9. The van der Waals surface area contributed by atoms with E-state index in [1.165, 1.54) is 0 Å². The van der Waals surface area contributed by atoms with E-state index in [2.05, 4.69) is 0 Å². The minimum Gasteiger partial charge on any atom is -0.374 e. The van der Waals surface area contributed by atoms with Crippen molar-refractivity contribution in [1.29, 1.82) is 0 Å². The van der Waals surface area contributed by atoms with Gasteiger partial charge in [-0.1, -0.05) is 13.8 Å². The van der Waals surface area contributed by atoms with Crippen LogP contribution in [0.15, 0.2) is 10.6 Å². The van der Waals surface area contributed by atoms with Crippen molar-refractivity contribution >= 4 is 17.5 Å². The first-order valence-electron chi connectivity index (χ1n) is 6.45. The molecule has 0 unspecified atom stereocenters. The Labute approximate surface area is 115 Å². The topological polar surface area (TPSA) is 20.3 Å². The standard InChI is InChI=1S/C13H18F3NOS/c1-12(2)7-9(17-5-3-4-6-17)11(10(18)8-12)19-13(14,15)16/h3-8H2,1-2H3. The molecule has 0 amide bonds. The maximum Gasteiger partial charge on any atom is 0.446 e. The lowest BCUT2D eigenvalue weighted by molar-refractivity contribution is -0.117. The van der Waals surface area contributed by atoms with Crippen LogP contribution in [0.5, 0.6) is 0 Å². The molecule has 0 atom stereocenters. The summed E-state index contributed by atoms with van der Waals surface area (Å²) in [7, 11) is 0. The first kappa shape index (κ1) is 14.8. The summed E-state index contributed by atoms with van der Waals surface area (Å²) >= 11 is -0.230. The molecule has 19 heavy (non-hydrogen) atoms. The zero-order chi connectivity index (χ0) is 14.3. The van der Waals surface area contributed by atoms with Crippen molar-refractivity contribution in [3.63, 3.8) is 0 Å². The predicted molar refractivity (Wildman–Crippen MR) is 69.5 cm³/mol. The lowest BCUT2D eigenvalue weighted by Crippen LogP contribution is -2.33. The number of hydrogen-bond donors (Lipinski definition) is 0. The molecule has 1 aliphatic heterocycles. The Hall–Kier alpha value is -0.650. The van der Waals surface area contributed by atoms with Crippen LogP contribution in [0.4, 0.5) is 13.2 Å². The molecule has 0 aromatic rings. The van der Waals surface area contributed by atoms with Crippen molar-refractivity contribution in [2.24, 2.45) is 5.41 Å². The van der Waals surface area contributed by atoms with Crippen molar-refractivity contribution in [3.8, 4) is 0 Å². The van der Waals surface area contributed by atoms with E-state index in [0.717, 1.165) is 25.9 Å². The number of Topliss-reactive ketones (excluding diaryl/α,β-unsaturated/α-hetero) is 1. The van der Waals surface area contributed by atoms with Gasteiger partial charge in [-0.05, 0) is 36.4 Å². The monoisotopic (exact) mass is 293 g/mol. The summed E-state index contributed by atoms with van der Waals surface area (Å²) in [5, 5.41) is 0. The van der Waals surface area contributed by atoms with Crippen molar-refractivity contribution < 1.29 is 18.0 Å². The lowest BCUT2D eigenvalue weighted by Gasteiger charge is -2.36. The molecular weight excluding hydrogens is 275 g/mol. The third-order valence-electron chi connectivity index (χ3n) is 3.51. The van der Waals surface area contributed by atoms with Crippen LogP contribution in [-0.2, 0) is 4.79 Å². The Morgan fingerprint density at radius 3 is 2.26 bits per heavy atom. The molecule has 1 aliphatic carbocycles. The molecule has 2 rings (SSSR count). The van der Waals surface area contributed by atoms with E-state index < -0.39 is 5.51 Å². The SMILES string of the molecule is CC1(C)CC(=O)C(SC(F)(F)F)=C(N2CCCC2)C1. The van der Waals surface area contributed by atoms with E-state index >= 15 is 0 Å². The molecule has 6 heteroatoms.